The van der Waals surface area contributed by atoms with Crippen LogP contribution in [0, 0.1) is 12.8 Å². The summed E-state index contributed by atoms with van der Waals surface area (Å²) >= 11 is 7.51. The molecule has 2 amide bonds. The van der Waals surface area contributed by atoms with Crippen molar-refractivity contribution in [2.45, 2.75) is 45.4 Å². The van der Waals surface area contributed by atoms with E-state index in [1.807, 2.05) is 56.5 Å². The number of benzene rings is 2. The number of nitrogens with one attached hydrogen (secondary N) is 2. The fraction of sp³-hybridized carbons (Fsp3) is 0.333. The fourth-order valence-electron chi connectivity index (χ4n) is 3.29. The number of halogens is 1. The summed E-state index contributed by atoms with van der Waals surface area (Å²) in [7, 11) is 0. The average Bonchev–Trinajstić information content (AvgIpc) is 3.20. The topological polar surface area (TPSA) is 88.9 Å². The highest BCUT2D eigenvalue weighted by molar-refractivity contribution is 7.99. The Kier molecular flexibility index (Phi) is 8.52. The first-order chi connectivity index (χ1) is 15.8. The number of amides is 2. The van der Waals surface area contributed by atoms with Gasteiger partial charge in [-0.25, -0.2) is 0 Å². The van der Waals surface area contributed by atoms with Gasteiger partial charge in [0.2, 0.25) is 5.91 Å². The first kappa shape index (κ1) is 24.8. The van der Waals surface area contributed by atoms with Crippen LogP contribution in [0.15, 0.2) is 53.7 Å². The first-order valence-electron chi connectivity index (χ1n) is 10.8. The second kappa shape index (κ2) is 11.3. The van der Waals surface area contributed by atoms with E-state index in [4.69, 9.17) is 11.6 Å². The molecule has 7 nitrogen and oxygen atoms in total. The fourth-order valence-corrected chi connectivity index (χ4v) is 4.32. The Morgan fingerprint density at radius 2 is 1.79 bits per heavy atom. The molecule has 0 aliphatic rings. The van der Waals surface area contributed by atoms with Gasteiger partial charge >= 0.3 is 0 Å². The van der Waals surface area contributed by atoms with Gasteiger partial charge in [-0.05, 0) is 44.0 Å². The minimum Gasteiger partial charge on any atom is -0.342 e. The van der Waals surface area contributed by atoms with E-state index in [0.29, 0.717) is 28.1 Å². The lowest BCUT2D eigenvalue weighted by molar-refractivity contribution is -0.113. The van der Waals surface area contributed by atoms with Gasteiger partial charge in [0.25, 0.3) is 5.91 Å². The molecule has 1 aromatic heterocycles. The van der Waals surface area contributed by atoms with Gasteiger partial charge in [0.1, 0.15) is 0 Å². The summed E-state index contributed by atoms with van der Waals surface area (Å²) in [4.78, 5) is 25.3. The Morgan fingerprint density at radius 3 is 2.42 bits per heavy atom. The van der Waals surface area contributed by atoms with E-state index in [1.54, 1.807) is 24.3 Å². The van der Waals surface area contributed by atoms with Gasteiger partial charge in [0.05, 0.1) is 22.4 Å². The molecule has 9 heteroatoms. The standard InChI is InChI=1S/C24H28ClN5O2S/c1-5-30-22(21(15(2)3)27-23(32)18-8-6-7-9-19(18)25)28-29-24(30)33-14-20(31)26-17-12-10-16(4)11-13-17/h6-13,15,21H,5,14H2,1-4H3,(H,26,31)(H,27,32)/t21-/m1/s1. The maximum atomic E-state index is 12.9. The van der Waals surface area contributed by atoms with Crippen molar-refractivity contribution in [2.24, 2.45) is 5.92 Å². The number of aryl methyl sites for hydroxylation is 1. The molecule has 2 aromatic carbocycles. The van der Waals surface area contributed by atoms with Gasteiger partial charge in [0, 0.05) is 12.2 Å². The third-order valence-corrected chi connectivity index (χ3v) is 6.38. The highest BCUT2D eigenvalue weighted by Gasteiger charge is 2.26. The summed E-state index contributed by atoms with van der Waals surface area (Å²) in [5, 5.41) is 15.6. The quantitative estimate of drug-likeness (QED) is 0.411. The maximum Gasteiger partial charge on any atom is 0.253 e. The van der Waals surface area contributed by atoms with Crippen LogP contribution >= 0.6 is 23.4 Å². The Morgan fingerprint density at radius 1 is 1.09 bits per heavy atom. The molecule has 1 atom stereocenters. The summed E-state index contributed by atoms with van der Waals surface area (Å²) in [6.07, 6.45) is 0. The molecule has 3 aromatic rings. The largest absolute Gasteiger partial charge is 0.342 e. The molecule has 0 aliphatic carbocycles. The van der Waals surface area contributed by atoms with Crippen molar-refractivity contribution in [3.63, 3.8) is 0 Å². The molecule has 0 saturated carbocycles. The van der Waals surface area contributed by atoms with Crippen molar-refractivity contribution in [3.05, 3.63) is 70.5 Å². The van der Waals surface area contributed by atoms with Crippen LogP contribution in [0.3, 0.4) is 0 Å². The molecule has 174 valence electrons. The Bertz CT molecular complexity index is 1110. The third kappa shape index (κ3) is 6.36. The summed E-state index contributed by atoms with van der Waals surface area (Å²) in [6.45, 7) is 8.60. The third-order valence-electron chi connectivity index (χ3n) is 5.08. The van der Waals surface area contributed by atoms with Gasteiger partial charge in [0.15, 0.2) is 11.0 Å². The maximum absolute atomic E-state index is 12.9. The van der Waals surface area contributed by atoms with Crippen molar-refractivity contribution in [3.8, 4) is 0 Å². The predicted octanol–water partition coefficient (Wildman–Crippen LogP) is 5.12. The normalized spacial score (nSPS) is 11.9. The predicted molar refractivity (Wildman–Crippen MR) is 133 cm³/mol. The lowest BCUT2D eigenvalue weighted by atomic mass is 10.0. The molecule has 0 radical (unpaired) electrons. The molecule has 0 fully saturated rings. The second-order valence-corrected chi connectivity index (χ2v) is 9.31. The molecule has 0 aliphatic heterocycles. The summed E-state index contributed by atoms with van der Waals surface area (Å²) in [5.41, 5.74) is 2.30. The van der Waals surface area contributed by atoms with Gasteiger partial charge in [-0.2, -0.15) is 0 Å². The van der Waals surface area contributed by atoms with Crippen LogP contribution in [0.1, 0.15) is 48.6 Å². The minimum absolute atomic E-state index is 0.0635. The zero-order valence-electron chi connectivity index (χ0n) is 19.1. The monoisotopic (exact) mass is 485 g/mol. The van der Waals surface area contributed by atoms with Crippen LogP contribution in [0.2, 0.25) is 5.02 Å². The number of nitrogens with zero attached hydrogens (tertiary/aromatic N) is 3. The van der Waals surface area contributed by atoms with Crippen molar-refractivity contribution in [1.29, 1.82) is 0 Å². The lowest BCUT2D eigenvalue weighted by Crippen LogP contribution is -2.34. The zero-order chi connectivity index (χ0) is 24.0. The second-order valence-electron chi connectivity index (χ2n) is 7.96. The highest BCUT2D eigenvalue weighted by atomic mass is 35.5. The number of anilines is 1. The van der Waals surface area contributed by atoms with Crippen LogP contribution in [-0.2, 0) is 11.3 Å². The van der Waals surface area contributed by atoms with Crippen LogP contribution < -0.4 is 10.6 Å². The molecule has 3 rings (SSSR count). The molecular weight excluding hydrogens is 458 g/mol. The van der Waals surface area contributed by atoms with E-state index < -0.39 is 0 Å². The van der Waals surface area contributed by atoms with Gasteiger partial charge in [-0.15, -0.1) is 10.2 Å². The van der Waals surface area contributed by atoms with E-state index in [1.165, 1.54) is 11.8 Å². The number of thioether (sulfide) groups is 1. The van der Waals surface area contributed by atoms with E-state index >= 15 is 0 Å². The van der Waals surface area contributed by atoms with E-state index in [9.17, 15) is 9.59 Å². The van der Waals surface area contributed by atoms with Crippen LogP contribution in [0.5, 0.6) is 0 Å². The van der Waals surface area contributed by atoms with Gasteiger partial charge in [-0.3, -0.25) is 9.59 Å². The summed E-state index contributed by atoms with van der Waals surface area (Å²) < 4.78 is 1.93. The van der Waals surface area contributed by atoms with E-state index in [0.717, 1.165) is 11.3 Å². The molecular formula is C24H28ClN5O2S. The van der Waals surface area contributed by atoms with Crippen LogP contribution in [0.25, 0.3) is 0 Å². The molecule has 0 saturated heterocycles. The van der Waals surface area contributed by atoms with Crippen LogP contribution in [0.4, 0.5) is 5.69 Å². The SMILES string of the molecule is CCn1c(SCC(=O)Nc2ccc(C)cc2)nnc1[C@H](NC(=O)c1ccccc1Cl)C(C)C. The Labute approximate surface area is 203 Å². The number of hydrogen-bond acceptors (Lipinski definition) is 5. The van der Waals surface area contributed by atoms with Gasteiger partial charge in [-0.1, -0.05) is 67.0 Å². The molecule has 0 unspecified atom stereocenters. The van der Waals surface area contributed by atoms with Crippen molar-refractivity contribution < 1.29 is 9.59 Å². The smallest absolute Gasteiger partial charge is 0.253 e. The number of carbonyl (C=O) groups is 2. The molecule has 1 heterocycles. The highest BCUT2D eigenvalue weighted by Crippen LogP contribution is 2.26. The first-order valence-corrected chi connectivity index (χ1v) is 12.1. The molecule has 33 heavy (non-hydrogen) atoms. The Balaban J connectivity index is 1.71. The van der Waals surface area contributed by atoms with Crippen LogP contribution in [-0.4, -0.2) is 32.3 Å². The zero-order valence-corrected chi connectivity index (χ0v) is 20.7. The lowest BCUT2D eigenvalue weighted by Gasteiger charge is -2.22. The number of rotatable bonds is 9. The van der Waals surface area contributed by atoms with Gasteiger partial charge < -0.3 is 15.2 Å². The average molecular weight is 486 g/mol. The van der Waals surface area contributed by atoms with Crippen molar-refractivity contribution >= 4 is 40.9 Å². The van der Waals surface area contributed by atoms with E-state index in [-0.39, 0.29) is 29.5 Å². The summed E-state index contributed by atoms with van der Waals surface area (Å²) in [5.74, 6) is 0.521. The molecule has 0 bridgehead atoms. The van der Waals surface area contributed by atoms with E-state index in [2.05, 4.69) is 20.8 Å². The molecule has 0 spiro atoms. The number of carbonyl (C=O) groups excluding carboxylic acids is 2. The number of aromatic nitrogens is 3. The molecule has 2 N–H and O–H groups in total. The minimum atomic E-state index is -0.364. The number of hydrogen-bond donors (Lipinski definition) is 2. The van der Waals surface area contributed by atoms with Crippen molar-refractivity contribution in [1.82, 2.24) is 20.1 Å². The summed E-state index contributed by atoms with van der Waals surface area (Å²) in [6, 6.07) is 14.2. The van der Waals surface area contributed by atoms with Crippen molar-refractivity contribution in [2.75, 3.05) is 11.1 Å². The Hall–Kier alpha value is -2.84.